The summed E-state index contributed by atoms with van der Waals surface area (Å²) in [6.07, 6.45) is 0. The molecule has 2 atom stereocenters. The highest BCUT2D eigenvalue weighted by Crippen LogP contribution is 2.41. The van der Waals surface area contributed by atoms with E-state index in [1.54, 1.807) is 31.4 Å². The number of rotatable bonds is 7. The van der Waals surface area contributed by atoms with E-state index in [0.29, 0.717) is 11.3 Å². The Morgan fingerprint density at radius 1 is 1.31 bits per heavy atom. The summed E-state index contributed by atoms with van der Waals surface area (Å²) in [6.45, 7) is -0.0507. The van der Waals surface area contributed by atoms with Gasteiger partial charge in [0.1, 0.15) is 29.5 Å². The minimum atomic E-state index is -0.820. The van der Waals surface area contributed by atoms with Crippen LogP contribution in [0.2, 0.25) is 0 Å². The fourth-order valence-corrected chi connectivity index (χ4v) is 4.71. The van der Waals surface area contributed by atoms with Crippen molar-refractivity contribution in [2.24, 2.45) is 0 Å². The third kappa shape index (κ3) is 4.53. The molecule has 1 saturated heterocycles. The number of fused-ring (bicyclic) bond motifs is 1. The molecule has 0 aliphatic carbocycles. The molecule has 1 unspecified atom stereocenters. The molecule has 2 aliphatic heterocycles. The number of nitrogens with zero attached hydrogens (tertiary/aromatic N) is 1. The first-order valence-electron chi connectivity index (χ1n) is 8.40. The van der Waals surface area contributed by atoms with E-state index in [4.69, 9.17) is 21.1 Å². The van der Waals surface area contributed by atoms with Crippen LogP contribution in [0.25, 0.3) is 0 Å². The van der Waals surface area contributed by atoms with Crippen molar-refractivity contribution in [1.82, 2.24) is 10.2 Å². The summed E-state index contributed by atoms with van der Waals surface area (Å²) in [5.74, 6) is -0.776. The standard InChI is InChI=1S/C18H16ClIN2O6S/c1-27-10-4-2-9(3-5-10)7-28-18(26)14-11(15(19)24)8-29-17-13(16(25)22(14)17)21-12(23)6-20/h2-5,13,17H,6-8H2,1H3,(H,21,23)/t13?,17-/m0/s1. The fourth-order valence-electron chi connectivity index (χ4n) is 2.91. The highest BCUT2D eigenvalue weighted by atomic mass is 127. The lowest BCUT2D eigenvalue weighted by molar-refractivity contribution is -0.153. The molecule has 2 aliphatic rings. The molecule has 3 rings (SSSR count). The van der Waals surface area contributed by atoms with Gasteiger partial charge in [0, 0.05) is 5.75 Å². The molecule has 0 spiro atoms. The molecule has 1 aromatic rings. The van der Waals surface area contributed by atoms with Crippen molar-refractivity contribution in [3.05, 3.63) is 41.1 Å². The van der Waals surface area contributed by atoms with Gasteiger partial charge in [-0.05, 0) is 29.3 Å². The summed E-state index contributed by atoms with van der Waals surface area (Å²) in [6, 6.07) is 6.17. The zero-order valence-electron chi connectivity index (χ0n) is 15.1. The topological polar surface area (TPSA) is 102 Å². The summed E-state index contributed by atoms with van der Waals surface area (Å²) in [5.41, 5.74) is 0.564. The number of carbonyl (C=O) groups is 4. The number of β-lactam (4-membered cyclic amide) rings is 1. The molecule has 0 bridgehead atoms. The Balaban J connectivity index is 1.76. The van der Waals surface area contributed by atoms with Crippen molar-refractivity contribution >= 4 is 69.0 Å². The van der Waals surface area contributed by atoms with Crippen LogP contribution in [0.15, 0.2) is 35.5 Å². The first-order chi connectivity index (χ1) is 13.9. The largest absolute Gasteiger partial charge is 0.497 e. The summed E-state index contributed by atoms with van der Waals surface area (Å²) >= 11 is 8.78. The van der Waals surface area contributed by atoms with Crippen LogP contribution in [0, 0.1) is 0 Å². The maximum absolute atomic E-state index is 12.7. The molecule has 1 N–H and O–H groups in total. The van der Waals surface area contributed by atoms with Gasteiger partial charge in [0.2, 0.25) is 5.91 Å². The number of thioether (sulfide) groups is 1. The number of benzene rings is 1. The Hall–Kier alpha value is -1.79. The van der Waals surface area contributed by atoms with Gasteiger partial charge in [-0.25, -0.2) is 4.79 Å². The van der Waals surface area contributed by atoms with Crippen LogP contribution in [0.1, 0.15) is 5.56 Å². The van der Waals surface area contributed by atoms with E-state index in [9.17, 15) is 19.2 Å². The molecular formula is C18H16ClIN2O6S. The summed E-state index contributed by atoms with van der Waals surface area (Å²) in [7, 11) is 1.55. The highest BCUT2D eigenvalue weighted by molar-refractivity contribution is 14.1. The molecule has 0 saturated carbocycles. The SMILES string of the molecule is COc1ccc(COC(=O)C2=C(C(=O)Cl)CS[C@H]3C(NC(=O)CI)C(=O)N23)cc1. The number of alkyl halides is 1. The second kappa shape index (κ2) is 9.35. The van der Waals surface area contributed by atoms with Gasteiger partial charge in [-0.2, -0.15) is 0 Å². The Labute approximate surface area is 189 Å². The maximum atomic E-state index is 12.7. The van der Waals surface area contributed by atoms with Crippen molar-refractivity contribution in [2.45, 2.75) is 18.0 Å². The van der Waals surface area contributed by atoms with Gasteiger partial charge in [0.05, 0.1) is 17.1 Å². The minimum absolute atomic E-state index is 0.0136. The first-order valence-corrected chi connectivity index (χ1v) is 11.4. The summed E-state index contributed by atoms with van der Waals surface area (Å²) < 4.78 is 10.6. The van der Waals surface area contributed by atoms with Crippen molar-refractivity contribution in [3.63, 3.8) is 0 Å². The Morgan fingerprint density at radius 3 is 2.59 bits per heavy atom. The van der Waals surface area contributed by atoms with Gasteiger partial charge in [-0.1, -0.05) is 34.7 Å². The Bertz CT molecular complexity index is 891. The van der Waals surface area contributed by atoms with E-state index < -0.39 is 28.5 Å². The maximum Gasteiger partial charge on any atom is 0.355 e. The monoisotopic (exact) mass is 550 g/mol. The van der Waals surface area contributed by atoms with Crippen LogP contribution in [0.4, 0.5) is 0 Å². The lowest BCUT2D eigenvalue weighted by Gasteiger charge is -2.49. The van der Waals surface area contributed by atoms with Gasteiger partial charge in [0.25, 0.3) is 11.1 Å². The van der Waals surface area contributed by atoms with Crippen LogP contribution in [-0.2, 0) is 30.5 Å². The zero-order valence-corrected chi connectivity index (χ0v) is 18.9. The predicted molar refractivity (Wildman–Crippen MR) is 115 cm³/mol. The quantitative estimate of drug-likeness (QED) is 0.181. The van der Waals surface area contributed by atoms with Gasteiger partial charge in [0.15, 0.2) is 0 Å². The van der Waals surface area contributed by atoms with Crippen molar-refractivity contribution in [1.29, 1.82) is 0 Å². The molecular weight excluding hydrogens is 535 g/mol. The Kier molecular flexibility index (Phi) is 7.06. The number of hydrogen-bond donors (Lipinski definition) is 1. The number of amides is 2. The second-order valence-corrected chi connectivity index (χ2v) is 8.32. The molecule has 29 heavy (non-hydrogen) atoms. The van der Waals surface area contributed by atoms with Crippen LogP contribution >= 0.6 is 46.0 Å². The average molecular weight is 551 g/mol. The summed E-state index contributed by atoms with van der Waals surface area (Å²) in [5, 5.41) is 1.32. The third-order valence-electron chi connectivity index (χ3n) is 4.37. The predicted octanol–water partition coefficient (Wildman–Crippen LogP) is 1.59. The van der Waals surface area contributed by atoms with Crippen LogP contribution in [0.3, 0.4) is 0 Å². The highest BCUT2D eigenvalue weighted by Gasteiger charge is 2.55. The zero-order chi connectivity index (χ0) is 21.1. The van der Waals surface area contributed by atoms with E-state index in [0.717, 1.165) is 0 Å². The first kappa shape index (κ1) is 21.9. The molecule has 0 radical (unpaired) electrons. The number of halogens is 2. The van der Waals surface area contributed by atoms with E-state index >= 15 is 0 Å². The molecule has 2 heterocycles. The molecule has 11 heteroatoms. The number of carbonyl (C=O) groups excluding carboxylic acids is 4. The van der Waals surface area contributed by atoms with Gasteiger partial charge >= 0.3 is 5.97 Å². The smallest absolute Gasteiger partial charge is 0.355 e. The average Bonchev–Trinajstić information content (AvgIpc) is 2.74. The van der Waals surface area contributed by atoms with E-state index in [-0.39, 0.29) is 34.0 Å². The number of nitrogens with one attached hydrogen (secondary N) is 1. The van der Waals surface area contributed by atoms with Crippen molar-refractivity contribution in [3.8, 4) is 5.75 Å². The second-order valence-electron chi connectivity index (χ2n) is 6.11. The van der Waals surface area contributed by atoms with Gasteiger partial charge < -0.3 is 14.8 Å². The van der Waals surface area contributed by atoms with Crippen LogP contribution in [-0.4, -0.2) is 56.6 Å². The van der Waals surface area contributed by atoms with Crippen LogP contribution in [0.5, 0.6) is 5.75 Å². The molecule has 154 valence electrons. The van der Waals surface area contributed by atoms with E-state index in [2.05, 4.69) is 5.32 Å². The van der Waals surface area contributed by atoms with E-state index in [1.807, 2.05) is 22.6 Å². The Morgan fingerprint density at radius 2 is 2.00 bits per heavy atom. The molecule has 0 aromatic heterocycles. The van der Waals surface area contributed by atoms with Crippen molar-refractivity contribution < 1.29 is 28.7 Å². The molecule has 8 nitrogen and oxygen atoms in total. The van der Waals surface area contributed by atoms with Crippen LogP contribution < -0.4 is 10.1 Å². The van der Waals surface area contributed by atoms with Crippen molar-refractivity contribution in [2.75, 3.05) is 17.3 Å². The lowest BCUT2D eigenvalue weighted by atomic mass is 10.0. The summed E-state index contributed by atoms with van der Waals surface area (Å²) in [4.78, 5) is 49.9. The third-order valence-corrected chi connectivity index (χ3v) is 6.57. The number of esters is 1. The lowest BCUT2D eigenvalue weighted by Crippen LogP contribution is -2.70. The molecule has 1 fully saturated rings. The molecule has 1 aromatic carbocycles. The van der Waals surface area contributed by atoms with E-state index in [1.165, 1.54) is 16.7 Å². The minimum Gasteiger partial charge on any atom is -0.497 e. The number of methoxy groups -OCH3 is 1. The number of ether oxygens (including phenoxy) is 2. The van der Waals surface area contributed by atoms with Gasteiger partial charge in [-0.15, -0.1) is 11.8 Å². The fraction of sp³-hybridized carbons (Fsp3) is 0.333. The normalized spacial score (nSPS) is 20.5. The van der Waals surface area contributed by atoms with Gasteiger partial charge in [-0.3, -0.25) is 19.3 Å². The number of hydrogen-bond acceptors (Lipinski definition) is 7. The molecule has 2 amide bonds.